The molecule has 1 aliphatic heterocycles. The molecular formula is C17H27IN4O. The van der Waals surface area contributed by atoms with Crippen LogP contribution in [0.25, 0.3) is 0 Å². The molecule has 23 heavy (non-hydrogen) atoms. The second-order valence-electron chi connectivity index (χ2n) is 5.42. The van der Waals surface area contributed by atoms with Crippen molar-refractivity contribution in [3.63, 3.8) is 0 Å². The Hall–Kier alpha value is -1.44. The lowest BCUT2D eigenvalue weighted by molar-refractivity contribution is 0.415. The van der Waals surface area contributed by atoms with E-state index in [9.17, 15) is 0 Å². The molecule has 0 radical (unpaired) electrons. The Kier molecular flexibility index (Phi) is 8.83. The molecule has 0 spiro atoms. The van der Waals surface area contributed by atoms with Gasteiger partial charge in [0.25, 0.3) is 0 Å². The van der Waals surface area contributed by atoms with Gasteiger partial charge in [-0.25, -0.2) is 0 Å². The average molecular weight is 430 g/mol. The van der Waals surface area contributed by atoms with E-state index in [2.05, 4.69) is 39.2 Å². The first-order valence-electron chi connectivity index (χ1n) is 7.71. The highest BCUT2D eigenvalue weighted by Crippen LogP contribution is 2.26. The molecule has 0 amide bonds. The summed E-state index contributed by atoms with van der Waals surface area (Å²) in [5.41, 5.74) is 1.23. The molecule has 1 atom stereocenters. The van der Waals surface area contributed by atoms with Crippen molar-refractivity contribution in [1.29, 1.82) is 0 Å². The van der Waals surface area contributed by atoms with Crippen LogP contribution in [0.2, 0.25) is 0 Å². The molecule has 0 aromatic heterocycles. The summed E-state index contributed by atoms with van der Waals surface area (Å²) in [6.45, 7) is 7.49. The predicted octanol–water partition coefficient (Wildman–Crippen LogP) is 2.49. The molecule has 5 nitrogen and oxygen atoms in total. The van der Waals surface area contributed by atoms with Crippen molar-refractivity contribution in [3.8, 4) is 5.75 Å². The Bertz CT molecular complexity index is 521. The van der Waals surface area contributed by atoms with E-state index in [1.807, 2.05) is 18.2 Å². The molecule has 1 saturated heterocycles. The molecule has 128 valence electrons. The lowest BCUT2D eigenvalue weighted by Gasteiger charge is -2.20. The molecule has 1 aromatic rings. The van der Waals surface area contributed by atoms with Gasteiger partial charge < -0.3 is 20.3 Å². The quantitative estimate of drug-likeness (QED) is 0.315. The molecule has 0 bridgehead atoms. The zero-order chi connectivity index (χ0) is 15.8. The van der Waals surface area contributed by atoms with Crippen LogP contribution in [0.3, 0.4) is 0 Å². The highest BCUT2D eigenvalue weighted by molar-refractivity contribution is 14.0. The highest BCUT2D eigenvalue weighted by atomic mass is 127. The fourth-order valence-electron chi connectivity index (χ4n) is 2.67. The smallest absolute Gasteiger partial charge is 0.191 e. The maximum Gasteiger partial charge on any atom is 0.191 e. The van der Waals surface area contributed by atoms with Crippen molar-refractivity contribution >= 4 is 35.6 Å². The SMILES string of the molecule is C=CCNC(=NC)NCC1CCN(c2cccc(OC)c2)C1.I. The Labute approximate surface area is 156 Å². The number of aliphatic imine (C=N–C) groups is 1. The van der Waals surface area contributed by atoms with E-state index in [1.54, 1.807) is 14.2 Å². The molecule has 6 heteroatoms. The molecule has 2 rings (SSSR count). The standard InChI is InChI=1S/C17H26N4O.HI/c1-4-9-19-17(18-2)20-12-14-8-10-21(13-14)15-6-5-7-16(11-15)22-3;/h4-7,11,14H,1,8-10,12-13H2,2-3H3,(H2,18,19,20);1H. The lowest BCUT2D eigenvalue weighted by atomic mass is 10.1. The van der Waals surface area contributed by atoms with Crippen LogP contribution in [0, 0.1) is 5.92 Å². The number of nitrogens with zero attached hydrogens (tertiary/aromatic N) is 2. The summed E-state index contributed by atoms with van der Waals surface area (Å²) >= 11 is 0. The van der Waals surface area contributed by atoms with Crippen LogP contribution < -0.4 is 20.3 Å². The number of guanidine groups is 1. The highest BCUT2D eigenvalue weighted by Gasteiger charge is 2.23. The van der Waals surface area contributed by atoms with Crippen LogP contribution >= 0.6 is 24.0 Å². The second-order valence-corrected chi connectivity index (χ2v) is 5.42. The molecule has 1 unspecified atom stereocenters. The van der Waals surface area contributed by atoms with Crippen LogP contribution in [-0.2, 0) is 0 Å². The van der Waals surface area contributed by atoms with Gasteiger partial charge in [0.1, 0.15) is 5.75 Å². The summed E-state index contributed by atoms with van der Waals surface area (Å²) in [6.07, 6.45) is 3.01. The third kappa shape index (κ3) is 5.93. The average Bonchev–Trinajstić information content (AvgIpc) is 3.04. The van der Waals surface area contributed by atoms with Crippen molar-refractivity contribution < 1.29 is 4.74 Å². The van der Waals surface area contributed by atoms with Gasteiger partial charge >= 0.3 is 0 Å². The number of nitrogens with one attached hydrogen (secondary N) is 2. The summed E-state index contributed by atoms with van der Waals surface area (Å²) < 4.78 is 5.30. The summed E-state index contributed by atoms with van der Waals surface area (Å²) in [6, 6.07) is 8.26. The molecule has 1 heterocycles. The van der Waals surface area contributed by atoms with Gasteiger partial charge in [-0.2, -0.15) is 0 Å². The lowest BCUT2D eigenvalue weighted by Crippen LogP contribution is -2.40. The topological polar surface area (TPSA) is 48.9 Å². The maximum atomic E-state index is 5.30. The molecule has 0 saturated carbocycles. The minimum atomic E-state index is 0. The fourth-order valence-corrected chi connectivity index (χ4v) is 2.67. The predicted molar refractivity (Wildman–Crippen MR) is 108 cm³/mol. The third-order valence-electron chi connectivity index (χ3n) is 3.90. The van der Waals surface area contributed by atoms with E-state index in [1.165, 1.54) is 12.1 Å². The third-order valence-corrected chi connectivity index (χ3v) is 3.90. The monoisotopic (exact) mass is 430 g/mol. The van der Waals surface area contributed by atoms with Gasteiger partial charge in [-0.05, 0) is 24.5 Å². The van der Waals surface area contributed by atoms with Crippen LogP contribution in [-0.4, -0.2) is 46.3 Å². The summed E-state index contributed by atoms with van der Waals surface area (Å²) in [7, 11) is 3.49. The molecule has 1 fully saturated rings. The summed E-state index contributed by atoms with van der Waals surface area (Å²) in [5.74, 6) is 2.36. The largest absolute Gasteiger partial charge is 0.497 e. The van der Waals surface area contributed by atoms with Crippen molar-refractivity contribution in [1.82, 2.24) is 10.6 Å². The van der Waals surface area contributed by atoms with Crippen molar-refractivity contribution in [2.75, 3.05) is 45.2 Å². The van der Waals surface area contributed by atoms with Gasteiger partial charge in [-0.3, -0.25) is 4.99 Å². The Balaban J connectivity index is 0.00000264. The van der Waals surface area contributed by atoms with E-state index in [0.29, 0.717) is 5.92 Å². The zero-order valence-corrected chi connectivity index (χ0v) is 16.2. The van der Waals surface area contributed by atoms with Gasteiger partial charge in [-0.1, -0.05) is 12.1 Å². The van der Waals surface area contributed by atoms with Crippen LogP contribution in [0.4, 0.5) is 5.69 Å². The van der Waals surface area contributed by atoms with Gasteiger partial charge in [0.15, 0.2) is 5.96 Å². The number of rotatable bonds is 6. The Morgan fingerprint density at radius 3 is 3.00 bits per heavy atom. The van der Waals surface area contributed by atoms with Crippen LogP contribution in [0.15, 0.2) is 41.9 Å². The number of hydrogen-bond donors (Lipinski definition) is 2. The van der Waals surface area contributed by atoms with Crippen molar-refractivity contribution in [2.45, 2.75) is 6.42 Å². The molecule has 1 aliphatic rings. The summed E-state index contributed by atoms with van der Waals surface area (Å²) in [4.78, 5) is 6.61. The minimum Gasteiger partial charge on any atom is -0.497 e. The van der Waals surface area contributed by atoms with E-state index < -0.39 is 0 Å². The van der Waals surface area contributed by atoms with Gasteiger partial charge in [0.2, 0.25) is 0 Å². The molecular weight excluding hydrogens is 403 g/mol. The number of benzene rings is 1. The normalized spacial score (nSPS) is 17.4. The van der Waals surface area contributed by atoms with Gasteiger partial charge in [0.05, 0.1) is 7.11 Å². The van der Waals surface area contributed by atoms with Crippen LogP contribution in [0.5, 0.6) is 5.75 Å². The molecule has 0 aliphatic carbocycles. The van der Waals surface area contributed by atoms with E-state index in [-0.39, 0.29) is 24.0 Å². The maximum absolute atomic E-state index is 5.30. The van der Waals surface area contributed by atoms with Crippen LogP contribution in [0.1, 0.15) is 6.42 Å². The first-order valence-corrected chi connectivity index (χ1v) is 7.71. The number of anilines is 1. The van der Waals surface area contributed by atoms with Gasteiger partial charge in [0, 0.05) is 45.0 Å². The molecule has 2 N–H and O–H groups in total. The van der Waals surface area contributed by atoms with Crippen molar-refractivity contribution in [3.05, 3.63) is 36.9 Å². The molecule has 1 aromatic carbocycles. The first kappa shape index (κ1) is 19.6. The van der Waals surface area contributed by atoms with E-state index in [0.717, 1.165) is 37.9 Å². The van der Waals surface area contributed by atoms with E-state index >= 15 is 0 Å². The first-order chi connectivity index (χ1) is 10.8. The number of methoxy groups -OCH3 is 1. The minimum absolute atomic E-state index is 0. The van der Waals surface area contributed by atoms with Crippen molar-refractivity contribution in [2.24, 2.45) is 10.9 Å². The Morgan fingerprint density at radius 2 is 2.30 bits per heavy atom. The summed E-state index contributed by atoms with van der Waals surface area (Å²) in [5, 5.41) is 6.57. The Morgan fingerprint density at radius 1 is 1.48 bits per heavy atom. The second kappa shape index (κ2) is 10.4. The number of halogens is 1. The fraction of sp³-hybridized carbons (Fsp3) is 0.471. The number of hydrogen-bond acceptors (Lipinski definition) is 3. The zero-order valence-electron chi connectivity index (χ0n) is 13.9. The van der Waals surface area contributed by atoms with Gasteiger partial charge in [-0.15, -0.1) is 30.6 Å². The number of ether oxygens (including phenoxy) is 1. The van der Waals surface area contributed by atoms with E-state index in [4.69, 9.17) is 4.74 Å².